The molecule has 2 rings (SSSR count). The highest BCUT2D eigenvalue weighted by molar-refractivity contribution is 7.89. The number of nitrogens with zero attached hydrogens (tertiary/aromatic N) is 2. The fraction of sp³-hybridized carbons (Fsp3) is 0.471. The summed E-state index contributed by atoms with van der Waals surface area (Å²) in [6, 6.07) is 4.94. The van der Waals surface area contributed by atoms with Crippen molar-refractivity contribution in [2.45, 2.75) is 45.4 Å². The van der Waals surface area contributed by atoms with Crippen LogP contribution in [0, 0.1) is 19.8 Å². The molecule has 0 aliphatic carbocycles. The lowest BCUT2D eigenvalue weighted by molar-refractivity contribution is -0.116. The molecular weight excluding hydrogens is 372 g/mol. The molecule has 0 unspecified atom stereocenters. The first kappa shape index (κ1) is 20.5. The molecule has 0 bridgehead atoms. The second-order valence-electron chi connectivity index (χ2n) is 6.54. The molecular formula is C17H24N4O3S2. The predicted molar refractivity (Wildman–Crippen MR) is 103 cm³/mol. The van der Waals surface area contributed by atoms with Crippen LogP contribution in [0.3, 0.4) is 0 Å². The molecule has 0 atom stereocenters. The summed E-state index contributed by atoms with van der Waals surface area (Å²) in [6.07, 6.45) is 0.826. The molecule has 7 nitrogen and oxygen atoms in total. The molecule has 1 aromatic heterocycles. The number of rotatable bonds is 8. The Labute approximate surface area is 158 Å². The lowest BCUT2D eigenvalue weighted by atomic mass is 10.1. The van der Waals surface area contributed by atoms with Crippen LogP contribution in [0.1, 0.15) is 36.4 Å². The maximum atomic E-state index is 12.3. The number of hydrogen-bond donors (Lipinski definition) is 2. The van der Waals surface area contributed by atoms with E-state index in [1.54, 1.807) is 18.2 Å². The quantitative estimate of drug-likeness (QED) is 0.714. The first-order valence-electron chi connectivity index (χ1n) is 8.36. The fourth-order valence-corrected chi connectivity index (χ4v) is 4.27. The van der Waals surface area contributed by atoms with Crippen LogP contribution in [0.15, 0.2) is 23.1 Å². The highest BCUT2D eigenvalue weighted by atomic mass is 32.2. The zero-order valence-electron chi connectivity index (χ0n) is 15.4. The van der Waals surface area contributed by atoms with Crippen molar-refractivity contribution in [2.75, 3.05) is 11.9 Å². The van der Waals surface area contributed by atoms with Gasteiger partial charge in [0.05, 0.1) is 4.90 Å². The Hall–Kier alpha value is -1.84. The number of carbonyl (C=O) groups is 1. The van der Waals surface area contributed by atoms with Gasteiger partial charge in [0, 0.05) is 19.4 Å². The van der Waals surface area contributed by atoms with Gasteiger partial charge in [-0.25, -0.2) is 13.1 Å². The number of carbonyl (C=O) groups excluding carboxylic acids is 1. The first-order chi connectivity index (χ1) is 12.2. The molecule has 1 amide bonds. The van der Waals surface area contributed by atoms with Crippen LogP contribution in [0.2, 0.25) is 0 Å². The zero-order chi connectivity index (χ0) is 19.3. The monoisotopic (exact) mass is 396 g/mol. The number of amides is 1. The molecule has 1 aromatic carbocycles. The number of sulfonamides is 1. The standard InChI is InChI=1S/C17H24N4O3S2/c1-11(2)9-16-20-21-17(25-16)19-15(22)7-8-18-26(23,24)14-6-5-12(3)13(4)10-14/h5-6,10-11,18H,7-9H2,1-4H3,(H,19,21,22). The van der Waals surface area contributed by atoms with Crippen molar-refractivity contribution >= 4 is 32.4 Å². The van der Waals surface area contributed by atoms with E-state index in [2.05, 4.69) is 34.1 Å². The van der Waals surface area contributed by atoms with Gasteiger partial charge in [-0.2, -0.15) is 0 Å². The molecule has 0 fully saturated rings. The van der Waals surface area contributed by atoms with E-state index in [1.165, 1.54) is 11.3 Å². The molecule has 26 heavy (non-hydrogen) atoms. The number of benzene rings is 1. The summed E-state index contributed by atoms with van der Waals surface area (Å²) in [6.45, 7) is 7.96. The van der Waals surface area contributed by atoms with Crippen LogP contribution in [-0.4, -0.2) is 31.1 Å². The molecule has 0 saturated heterocycles. The van der Waals surface area contributed by atoms with E-state index >= 15 is 0 Å². The first-order valence-corrected chi connectivity index (χ1v) is 10.7. The third kappa shape index (κ3) is 5.86. The smallest absolute Gasteiger partial charge is 0.240 e. The van der Waals surface area contributed by atoms with Crippen LogP contribution in [-0.2, 0) is 21.2 Å². The Morgan fingerprint density at radius 1 is 1.19 bits per heavy atom. The summed E-state index contributed by atoms with van der Waals surface area (Å²) in [5.74, 6) is 0.159. The zero-order valence-corrected chi connectivity index (χ0v) is 17.0. The Morgan fingerprint density at radius 3 is 2.58 bits per heavy atom. The second kappa shape index (κ2) is 8.70. The Kier molecular flexibility index (Phi) is 6.85. The Balaban J connectivity index is 1.85. The minimum atomic E-state index is -3.63. The maximum Gasteiger partial charge on any atom is 0.240 e. The Bertz CT molecular complexity index is 876. The van der Waals surface area contributed by atoms with E-state index in [4.69, 9.17) is 0 Å². The van der Waals surface area contributed by atoms with Crippen LogP contribution in [0.25, 0.3) is 0 Å². The van der Waals surface area contributed by atoms with E-state index in [0.717, 1.165) is 22.6 Å². The van der Waals surface area contributed by atoms with E-state index < -0.39 is 10.0 Å². The molecule has 142 valence electrons. The summed E-state index contributed by atoms with van der Waals surface area (Å²) in [5.41, 5.74) is 1.93. The molecule has 0 radical (unpaired) electrons. The van der Waals surface area contributed by atoms with Crippen molar-refractivity contribution in [3.63, 3.8) is 0 Å². The molecule has 0 spiro atoms. The van der Waals surface area contributed by atoms with Gasteiger partial charge in [0.25, 0.3) is 0 Å². The van der Waals surface area contributed by atoms with Gasteiger partial charge >= 0.3 is 0 Å². The average Bonchev–Trinajstić information content (AvgIpc) is 2.95. The lowest BCUT2D eigenvalue weighted by Gasteiger charge is -2.08. The molecule has 1 heterocycles. The van der Waals surface area contributed by atoms with Gasteiger partial charge < -0.3 is 5.32 Å². The molecule has 2 N–H and O–H groups in total. The van der Waals surface area contributed by atoms with Crippen LogP contribution < -0.4 is 10.0 Å². The minimum absolute atomic E-state index is 0.0126. The van der Waals surface area contributed by atoms with Gasteiger partial charge in [0.2, 0.25) is 21.1 Å². The summed E-state index contributed by atoms with van der Waals surface area (Å²) in [4.78, 5) is 12.2. The number of hydrogen-bond acceptors (Lipinski definition) is 6. The van der Waals surface area contributed by atoms with Crippen molar-refractivity contribution in [1.29, 1.82) is 0 Å². The summed E-state index contributed by atoms with van der Waals surface area (Å²) >= 11 is 1.34. The maximum absolute atomic E-state index is 12.3. The van der Waals surface area contributed by atoms with Gasteiger partial charge in [0.1, 0.15) is 5.01 Å². The molecule has 2 aromatic rings. The molecule has 0 aliphatic rings. The van der Waals surface area contributed by atoms with Crippen molar-refractivity contribution in [2.24, 2.45) is 5.92 Å². The average molecular weight is 397 g/mol. The van der Waals surface area contributed by atoms with Crippen molar-refractivity contribution < 1.29 is 13.2 Å². The van der Waals surface area contributed by atoms with Crippen LogP contribution >= 0.6 is 11.3 Å². The largest absolute Gasteiger partial charge is 0.300 e. The molecule has 9 heteroatoms. The summed E-state index contributed by atoms with van der Waals surface area (Å²) < 4.78 is 27.0. The van der Waals surface area contributed by atoms with E-state index in [9.17, 15) is 13.2 Å². The summed E-state index contributed by atoms with van der Waals surface area (Å²) in [5, 5.41) is 11.9. The highest BCUT2D eigenvalue weighted by Gasteiger charge is 2.15. The molecule has 0 saturated carbocycles. The lowest BCUT2D eigenvalue weighted by Crippen LogP contribution is -2.28. The van der Waals surface area contributed by atoms with Gasteiger partial charge in [-0.3, -0.25) is 4.79 Å². The third-order valence-corrected chi connectivity index (χ3v) is 6.05. The van der Waals surface area contributed by atoms with E-state index in [1.807, 2.05) is 13.8 Å². The number of aryl methyl sites for hydroxylation is 2. The van der Waals surface area contributed by atoms with Crippen LogP contribution in [0.4, 0.5) is 5.13 Å². The number of nitrogens with one attached hydrogen (secondary N) is 2. The third-order valence-electron chi connectivity index (χ3n) is 3.73. The van der Waals surface area contributed by atoms with Crippen molar-refractivity contribution in [3.8, 4) is 0 Å². The Morgan fingerprint density at radius 2 is 1.92 bits per heavy atom. The highest BCUT2D eigenvalue weighted by Crippen LogP contribution is 2.18. The van der Waals surface area contributed by atoms with Gasteiger partial charge in [-0.15, -0.1) is 10.2 Å². The van der Waals surface area contributed by atoms with Crippen LogP contribution in [0.5, 0.6) is 0 Å². The van der Waals surface area contributed by atoms with E-state index in [-0.39, 0.29) is 23.8 Å². The minimum Gasteiger partial charge on any atom is -0.300 e. The van der Waals surface area contributed by atoms with Gasteiger partial charge in [-0.05, 0) is 43.0 Å². The predicted octanol–water partition coefficient (Wildman–Crippen LogP) is 2.66. The second-order valence-corrected chi connectivity index (χ2v) is 9.37. The SMILES string of the molecule is Cc1ccc(S(=O)(=O)NCCC(=O)Nc2nnc(CC(C)C)s2)cc1C. The molecule has 0 aliphatic heterocycles. The summed E-state index contributed by atoms with van der Waals surface area (Å²) in [7, 11) is -3.63. The van der Waals surface area contributed by atoms with Crippen molar-refractivity contribution in [3.05, 3.63) is 34.3 Å². The van der Waals surface area contributed by atoms with Crippen molar-refractivity contribution in [1.82, 2.24) is 14.9 Å². The van der Waals surface area contributed by atoms with Gasteiger partial charge in [0.15, 0.2) is 0 Å². The van der Waals surface area contributed by atoms with E-state index in [0.29, 0.717) is 11.0 Å². The number of anilines is 1. The fourth-order valence-electron chi connectivity index (χ4n) is 2.18. The number of aromatic nitrogens is 2. The normalized spacial score (nSPS) is 11.7. The van der Waals surface area contributed by atoms with Gasteiger partial charge in [-0.1, -0.05) is 31.3 Å². The topological polar surface area (TPSA) is 101 Å².